The number of hydrogen-bond donors (Lipinski definition) is 3. The molecule has 4 rings (SSSR count). The predicted octanol–water partition coefficient (Wildman–Crippen LogP) is 5.88. The third kappa shape index (κ3) is 8.13. The summed E-state index contributed by atoms with van der Waals surface area (Å²) in [6.07, 6.45) is -0.397. The van der Waals surface area contributed by atoms with Gasteiger partial charge in [0.2, 0.25) is 11.8 Å². The first-order valence-electron chi connectivity index (χ1n) is 16.9. The number of nitrogens with one attached hydrogen (secondary N) is 2. The summed E-state index contributed by atoms with van der Waals surface area (Å²) in [5, 5.41) is 17.8. The summed E-state index contributed by atoms with van der Waals surface area (Å²) in [5.74, 6) is -4.81. The fraction of sp³-hybridized carbons (Fsp3) is 0.436. The van der Waals surface area contributed by atoms with Crippen molar-refractivity contribution >= 4 is 34.9 Å². The van der Waals surface area contributed by atoms with E-state index >= 15 is 0 Å². The second kappa shape index (κ2) is 15.7. The maximum absolute atomic E-state index is 14.3. The molecule has 49 heavy (non-hydrogen) atoms. The zero-order valence-corrected chi connectivity index (χ0v) is 29.8. The van der Waals surface area contributed by atoms with E-state index in [2.05, 4.69) is 10.6 Å². The highest BCUT2D eigenvalue weighted by Crippen LogP contribution is 2.48. The Hall–Kier alpha value is -4.70. The highest BCUT2D eigenvalue weighted by molar-refractivity contribution is 6.10. The Morgan fingerprint density at radius 2 is 1.41 bits per heavy atom. The average molecular weight is 672 g/mol. The number of carbonyl (C=O) groups excluding carboxylic acids is 4. The number of hydrogen-bond acceptors (Lipinski definition) is 7. The number of likely N-dealkylation sites (N-methyl/N-ethyl adjacent to an activating group) is 1. The van der Waals surface area contributed by atoms with Crippen molar-refractivity contribution in [3.05, 3.63) is 82.4 Å². The van der Waals surface area contributed by atoms with E-state index in [0.717, 1.165) is 22.3 Å². The van der Waals surface area contributed by atoms with Crippen LogP contribution in [-0.4, -0.2) is 65.4 Å². The number of amides is 3. The Labute approximate surface area is 289 Å². The van der Waals surface area contributed by atoms with Crippen molar-refractivity contribution in [3.63, 3.8) is 0 Å². The highest BCUT2D eigenvalue weighted by atomic mass is 16.5. The average Bonchev–Trinajstić information content (AvgIpc) is 3.04. The second-order valence-corrected chi connectivity index (χ2v) is 12.9. The lowest BCUT2D eigenvalue weighted by atomic mass is 9.61. The lowest BCUT2D eigenvalue weighted by Gasteiger charge is -2.44. The van der Waals surface area contributed by atoms with Gasteiger partial charge in [0.15, 0.2) is 18.1 Å². The molecule has 3 aromatic rings. The van der Waals surface area contributed by atoms with Crippen molar-refractivity contribution in [3.8, 4) is 11.5 Å². The normalized spacial score (nSPS) is 20.3. The Bertz CT molecular complexity index is 1710. The molecule has 1 aliphatic carbocycles. The molecule has 1 fully saturated rings. The Morgan fingerprint density at radius 1 is 0.837 bits per heavy atom. The van der Waals surface area contributed by atoms with Crippen LogP contribution in [0.25, 0.3) is 0 Å². The topological polar surface area (TPSA) is 134 Å². The Balaban J connectivity index is 1.82. The molecule has 1 saturated carbocycles. The molecular weight excluding hydrogens is 622 g/mol. The number of aryl methyl sites for hydroxylation is 2. The van der Waals surface area contributed by atoms with E-state index in [4.69, 9.17) is 9.47 Å². The molecule has 0 aliphatic heterocycles. The van der Waals surface area contributed by atoms with Crippen molar-refractivity contribution < 1.29 is 33.8 Å². The fourth-order valence-electron chi connectivity index (χ4n) is 6.61. The van der Waals surface area contributed by atoms with Gasteiger partial charge in [-0.3, -0.25) is 19.2 Å². The van der Waals surface area contributed by atoms with Crippen LogP contribution in [0.15, 0.2) is 54.6 Å². The number of ketones is 1. The van der Waals surface area contributed by atoms with Gasteiger partial charge in [0.25, 0.3) is 5.91 Å². The van der Waals surface area contributed by atoms with Crippen LogP contribution in [0.5, 0.6) is 11.5 Å². The van der Waals surface area contributed by atoms with Crippen LogP contribution in [0.1, 0.15) is 67.9 Å². The second-order valence-electron chi connectivity index (χ2n) is 12.9. The molecule has 0 saturated heterocycles. The molecule has 0 spiro atoms. The molecule has 0 aromatic heterocycles. The first-order chi connectivity index (χ1) is 23.2. The number of aliphatic hydroxyl groups is 1. The van der Waals surface area contributed by atoms with Crippen LogP contribution >= 0.6 is 0 Å². The predicted molar refractivity (Wildman–Crippen MR) is 190 cm³/mol. The zero-order valence-electron chi connectivity index (χ0n) is 29.8. The van der Waals surface area contributed by atoms with Gasteiger partial charge in [-0.1, -0.05) is 30.3 Å². The monoisotopic (exact) mass is 671 g/mol. The van der Waals surface area contributed by atoms with Gasteiger partial charge < -0.3 is 30.1 Å². The number of benzene rings is 3. The van der Waals surface area contributed by atoms with Gasteiger partial charge in [-0.05, 0) is 107 Å². The molecular formula is C39H49N3O7. The molecule has 0 radical (unpaired) electrons. The van der Waals surface area contributed by atoms with E-state index in [-0.39, 0.29) is 24.9 Å². The van der Waals surface area contributed by atoms with Crippen molar-refractivity contribution in [2.45, 2.75) is 73.3 Å². The maximum Gasteiger partial charge on any atom is 0.260 e. The van der Waals surface area contributed by atoms with E-state index in [0.29, 0.717) is 35.8 Å². The van der Waals surface area contributed by atoms with E-state index in [1.54, 1.807) is 42.2 Å². The van der Waals surface area contributed by atoms with Crippen LogP contribution in [0.2, 0.25) is 0 Å². The highest BCUT2D eigenvalue weighted by Gasteiger charge is 2.56. The molecule has 4 unspecified atom stereocenters. The minimum Gasteiger partial charge on any atom is -0.490 e. The molecule has 1 aliphatic rings. The van der Waals surface area contributed by atoms with Crippen LogP contribution in [0.3, 0.4) is 0 Å². The lowest BCUT2D eigenvalue weighted by molar-refractivity contribution is -0.151. The minimum atomic E-state index is -1.79. The first-order valence-corrected chi connectivity index (χ1v) is 16.9. The first kappa shape index (κ1) is 37.1. The van der Waals surface area contributed by atoms with Gasteiger partial charge >= 0.3 is 0 Å². The van der Waals surface area contributed by atoms with E-state index in [1.807, 2.05) is 65.8 Å². The lowest BCUT2D eigenvalue weighted by Crippen LogP contribution is -2.56. The summed E-state index contributed by atoms with van der Waals surface area (Å²) in [5.41, 5.74) is 3.43. The third-order valence-electron chi connectivity index (χ3n) is 9.68. The zero-order chi connectivity index (χ0) is 36.0. The molecule has 3 aromatic carbocycles. The molecule has 3 amide bonds. The number of carbonyl (C=O) groups is 4. The summed E-state index contributed by atoms with van der Waals surface area (Å²) in [7, 11) is 0. The minimum absolute atomic E-state index is 0.184. The summed E-state index contributed by atoms with van der Waals surface area (Å²) in [6, 6.07) is 16.0. The van der Waals surface area contributed by atoms with Gasteiger partial charge in [0.05, 0.1) is 18.1 Å². The van der Waals surface area contributed by atoms with E-state index < -0.39 is 47.4 Å². The van der Waals surface area contributed by atoms with E-state index in [9.17, 15) is 24.3 Å². The van der Waals surface area contributed by atoms with Crippen LogP contribution in [-0.2, 0) is 19.2 Å². The van der Waals surface area contributed by atoms with Crippen LogP contribution in [0.4, 0.5) is 11.4 Å². The third-order valence-corrected chi connectivity index (χ3v) is 9.68. The van der Waals surface area contributed by atoms with Gasteiger partial charge in [-0.25, -0.2) is 0 Å². The number of anilines is 2. The molecule has 262 valence electrons. The smallest absolute Gasteiger partial charge is 0.260 e. The molecule has 10 heteroatoms. The Kier molecular flexibility index (Phi) is 11.9. The van der Waals surface area contributed by atoms with E-state index in [1.165, 1.54) is 6.92 Å². The van der Waals surface area contributed by atoms with Gasteiger partial charge in [-0.15, -0.1) is 0 Å². The van der Waals surface area contributed by atoms with Crippen molar-refractivity contribution in [1.29, 1.82) is 0 Å². The summed E-state index contributed by atoms with van der Waals surface area (Å²) in [6.45, 7) is 15.8. The number of Topliss-reactive ketones (excluding diaryl/α,β-unsaturated/α-hetero) is 1. The van der Waals surface area contributed by atoms with Crippen molar-refractivity contribution in [1.82, 2.24) is 4.90 Å². The molecule has 0 bridgehead atoms. The molecule has 4 atom stereocenters. The molecule has 0 heterocycles. The largest absolute Gasteiger partial charge is 0.490 e. The van der Waals surface area contributed by atoms with Crippen molar-refractivity contribution in [2.75, 3.05) is 36.9 Å². The summed E-state index contributed by atoms with van der Waals surface area (Å²) >= 11 is 0. The SMILES string of the molecule is CCOc1cc(C2C(C(=O)Nc3cccc(C)c3C)C(=O)CC(C)(O)C2C(=O)Nc2cccc(C)c2C)ccc1OCC(=O)N(CC)CC. The fourth-order valence-corrected chi connectivity index (χ4v) is 6.61. The van der Waals surface area contributed by atoms with Crippen LogP contribution in [0, 0.1) is 39.5 Å². The quantitative estimate of drug-likeness (QED) is 0.205. The van der Waals surface area contributed by atoms with Gasteiger partial charge in [-0.2, -0.15) is 0 Å². The summed E-state index contributed by atoms with van der Waals surface area (Å²) < 4.78 is 11.8. The number of nitrogens with zero attached hydrogens (tertiary/aromatic N) is 1. The summed E-state index contributed by atoms with van der Waals surface area (Å²) in [4.78, 5) is 56.8. The van der Waals surface area contributed by atoms with Crippen molar-refractivity contribution in [2.24, 2.45) is 11.8 Å². The molecule has 3 N–H and O–H groups in total. The Morgan fingerprint density at radius 3 is 1.96 bits per heavy atom. The molecule has 10 nitrogen and oxygen atoms in total. The van der Waals surface area contributed by atoms with Crippen LogP contribution < -0.4 is 20.1 Å². The van der Waals surface area contributed by atoms with Gasteiger partial charge in [0.1, 0.15) is 11.7 Å². The standard InChI is InChI=1S/C39H49N3O7/c1-9-42(10-2)33(44)22-49-31-19-18-27(20-32(31)48-11-3)34-35(37(45)40-28-16-12-14-23(4)25(28)6)30(43)21-39(8,47)36(34)38(46)41-29-17-13-15-24(5)26(29)7/h12-20,34-36,47H,9-11,21-22H2,1-8H3,(H,40,45)(H,41,46). The number of rotatable bonds is 12. The maximum atomic E-state index is 14.3. The van der Waals surface area contributed by atoms with Gasteiger partial charge in [0, 0.05) is 36.8 Å². The number of ether oxygens (including phenoxy) is 2.